The van der Waals surface area contributed by atoms with Crippen molar-refractivity contribution in [1.82, 2.24) is 5.32 Å². The Morgan fingerprint density at radius 2 is 2.24 bits per heavy atom. The lowest BCUT2D eigenvalue weighted by atomic mass is 9.86. The van der Waals surface area contributed by atoms with Gasteiger partial charge in [0.05, 0.1) is 0 Å². The smallest absolute Gasteiger partial charge is 0.217 e. The number of hydrogen-bond donors (Lipinski definition) is 1. The first-order valence-corrected chi connectivity index (χ1v) is 6.20. The van der Waals surface area contributed by atoms with E-state index in [0.29, 0.717) is 5.92 Å². The van der Waals surface area contributed by atoms with E-state index in [4.69, 9.17) is 0 Å². The van der Waals surface area contributed by atoms with Crippen molar-refractivity contribution in [3.63, 3.8) is 0 Å². The van der Waals surface area contributed by atoms with Gasteiger partial charge in [0.2, 0.25) is 5.91 Å². The molecule has 2 heteroatoms. The zero-order valence-electron chi connectivity index (χ0n) is 10.7. The first-order chi connectivity index (χ1) is 8.06. The summed E-state index contributed by atoms with van der Waals surface area (Å²) in [7, 11) is 0. The van der Waals surface area contributed by atoms with Gasteiger partial charge in [-0.3, -0.25) is 4.79 Å². The van der Waals surface area contributed by atoms with E-state index in [1.54, 1.807) is 6.92 Å². The second kappa shape index (κ2) is 4.91. The van der Waals surface area contributed by atoms with Gasteiger partial charge in [0, 0.05) is 19.4 Å². The maximum Gasteiger partial charge on any atom is 0.217 e. The van der Waals surface area contributed by atoms with Crippen LogP contribution in [0.4, 0.5) is 0 Å². The molecule has 0 spiro atoms. The fraction of sp³-hybridized carbons (Fsp3) is 0.467. The Morgan fingerprint density at radius 1 is 1.47 bits per heavy atom. The van der Waals surface area contributed by atoms with Crippen LogP contribution >= 0.6 is 0 Å². The van der Waals surface area contributed by atoms with Crippen LogP contribution in [0.2, 0.25) is 0 Å². The van der Waals surface area contributed by atoms with Crippen LogP contribution in [0.3, 0.4) is 0 Å². The van der Waals surface area contributed by atoms with Gasteiger partial charge in [-0.05, 0) is 35.4 Å². The molecule has 2 rings (SSSR count). The molecule has 1 atom stereocenters. The molecule has 0 heterocycles. The van der Waals surface area contributed by atoms with Gasteiger partial charge in [0.25, 0.3) is 0 Å². The Morgan fingerprint density at radius 3 is 2.88 bits per heavy atom. The summed E-state index contributed by atoms with van der Waals surface area (Å²) in [4.78, 5) is 11.0. The summed E-state index contributed by atoms with van der Waals surface area (Å²) in [5.74, 6) is 0.592. The molecule has 2 nitrogen and oxygen atoms in total. The molecule has 2 radical (unpaired) electrons. The van der Waals surface area contributed by atoms with Gasteiger partial charge in [-0.2, -0.15) is 0 Å². The normalized spacial score (nSPS) is 18.9. The molecule has 0 saturated heterocycles. The van der Waals surface area contributed by atoms with Crippen molar-refractivity contribution in [3.8, 4) is 0 Å². The number of carbonyl (C=O) groups is 1. The molecule has 17 heavy (non-hydrogen) atoms. The zero-order valence-corrected chi connectivity index (χ0v) is 10.7. The average Bonchev–Trinajstić information content (AvgIpc) is 2.27. The van der Waals surface area contributed by atoms with E-state index >= 15 is 0 Å². The first kappa shape index (κ1) is 12.2. The highest BCUT2D eigenvalue weighted by Crippen LogP contribution is 2.26. The molecule has 0 aliphatic heterocycles. The molecule has 90 valence electrons. The molecule has 1 aliphatic carbocycles. The van der Waals surface area contributed by atoms with Crippen LogP contribution in [0.25, 0.3) is 0 Å². The van der Waals surface area contributed by atoms with Crippen LogP contribution < -0.4 is 5.32 Å². The van der Waals surface area contributed by atoms with Crippen LogP contribution in [-0.4, -0.2) is 11.9 Å². The van der Waals surface area contributed by atoms with E-state index in [-0.39, 0.29) is 11.9 Å². The van der Waals surface area contributed by atoms with Gasteiger partial charge in [-0.15, -0.1) is 0 Å². The maximum absolute atomic E-state index is 11.0. The Balaban J connectivity index is 2.14. The third kappa shape index (κ3) is 2.87. The molecule has 1 unspecified atom stereocenters. The summed E-state index contributed by atoms with van der Waals surface area (Å²) in [5.41, 5.74) is 3.87. The molecule has 1 aromatic carbocycles. The Kier molecular flexibility index (Phi) is 3.51. The number of amides is 1. The number of carbonyl (C=O) groups excluding carboxylic acids is 1. The SMILES string of the molecule is CC(=O)NC1C[C]c2cc(C(C)C)ccc2C1. The molecule has 0 aromatic heterocycles. The first-order valence-electron chi connectivity index (χ1n) is 6.20. The molecule has 1 amide bonds. The third-order valence-electron chi connectivity index (χ3n) is 3.21. The number of benzene rings is 1. The fourth-order valence-electron chi connectivity index (χ4n) is 2.26. The minimum absolute atomic E-state index is 0.0408. The standard InChI is InChI=1S/C15H19NO/c1-10(2)12-4-5-14-9-15(16-11(3)17)7-6-13(14)8-12/h4-5,8,10,15H,7,9H2,1-3H3,(H,16,17). The van der Waals surface area contributed by atoms with E-state index in [1.807, 2.05) is 0 Å². The highest BCUT2D eigenvalue weighted by molar-refractivity contribution is 5.73. The number of nitrogens with one attached hydrogen (secondary N) is 1. The van der Waals surface area contributed by atoms with E-state index in [0.717, 1.165) is 12.8 Å². The van der Waals surface area contributed by atoms with Crippen molar-refractivity contribution in [2.24, 2.45) is 0 Å². The van der Waals surface area contributed by atoms with Crippen molar-refractivity contribution in [2.75, 3.05) is 0 Å². The second-order valence-corrected chi connectivity index (χ2v) is 5.05. The Bertz CT molecular complexity index is 423. The zero-order chi connectivity index (χ0) is 12.4. The molecule has 0 fully saturated rings. The largest absolute Gasteiger partial charge is 0.353 e. The summed E-state index contributed by atoms with van der Waals surface area (Å²) in [5, 5.41) is 2.96. The Labute approximate surface area is 103 Å². The lowest BCUT2D eigenvalue weighted by molar-refractivity contribution is -0.119. The molecule has 1 aliphatic rings. The van der Waals surface area contributed by atoms with E-state index in [9.17, 15) is 4.79 Å². The average molecular weight is 229 g/mol. The number of rotatable bonds is 2. The van der Waals surface area contributed by atoms with Crippen LogP contribution in [0.5, 0.6) is 0 Å². The summed E-state index contributed by atoms with van der Waals surface area (Å²) in [6.07, 6.45) is 5.13. The predicted octanol–water partition coefficient (Wildman–Crippen LogP) is 2.69. The van der Waals surface area contributed by atoms with Crippen molar-refractivity contribution < 1.29 is 4.79 Å². The van der Waals surface area contributed by atoms with Gasteiger partial charge in [0.1, 0.15) is 0 Å². The molecule has 1 aromatic rings. The van der Waals surface area contributed by atoms with E-state index in [2.05, 4.69) is 43.8 Å². The van der Waals surface area contributed by atoms with Crippen LogP contribution in [0.1, 0.15) is 49.8 Å². The van der Waals surface area contributed by atoms with Crippen LogP contribution in [-0.2, 0) is 11.2 Å². The number of hydrogen-bond acceptors (Lipinski definition) is 1. The van der Waals surface area contributed by atoms with Crippen molar-refractivity contribution >= 4 is 5.91 Å². The summed E-state index contributed by atoms with van der Waals surface area (Å²) >= 11 is 0. The topological polar surface area (TPSA) is 29.1 Å². The van der Waals surface area contributed by atoms with E-state index in [1.165, 1.54) is 16.7 Å². The molecular weight excluding hydrogens is 210 g/mol. The maximum atomic E-state index is 11.0. The number of fused-ring (bicyclic) bond motifs is 1. The quantitative estimate of drug-likeness (QED) is 0.830. The summed E-state index contributed by atoms with van der Waals surface area (Å²) in [6, 6.07) is 6.79. The predicted molar refractivity (Wildman–Crippen MR) is 68.8 cm³/mol. The van der Waals surface area contributed by atoms with Gasteiger partial charge in [-0.25, -0.2) is 0 Å². The molecule has 0 bridgehead atoms. The highest BCUT2D eigenvalue weighted by Gasteiger charge is 2.20. The van der Waals surface area contributed by atoms with Crippen LogP contribution in [0, 0.1) is 6.42 Å². The van der Waals surface area contributed by atoms with Crippen molar-refractivity contribution in [2.45, 2.75) is 45.6 Å². The molecule has 1 N–H and O–H groups in total. The fourth-order valence-corrected chi connectivity index (χ4v) is 2.26. The van der Waals surface area contributed by atoms with Crippen molar-refractivity contribution in [1.29, 1.82) is 0 Å². The van der Waals surface area contributed by atoms with Crippen molar-refractivity contribution in [3.05, 3.63) is 41.3 Å². The van der Waals surface area contributed by atoms with Gasteiger partial charge < -0.3 is 5.32 Å². The van der Waals surface area contributed by atoms with Gasteiger partial charge in [-0.1, -0.05) is 32.0 Å². The van der Waals surface area contributed by atoms with Gasteiger partial charge in [0.15, 0.2) is 0 Å². The third-order valence-corrected chi connectivity index (χ3v) is 3.21. The minimum atomic E-state index is 0.0408. The summed E-state index contributed by atoms with van der Waals surface area (Å²) < 4.78 is 0. The van der Waals surface area contributed by atoms with E-state index < -0.39 is 0 Å². The Hall–Kier alpha value is -1.31. The lowest BCUT2D eigenvalue weighted by Crippen LogP contribution is -2.37. The molecule has 0 saturated carbocycles. The highest BCUT2D eigenvalue weighted by atomic mass is 16.1. The van der Waals surface area contributed by atoms with Gasteiger partial charge >= 0.3 is 0 Å². The van der Waals surface area contributed by atoms with Crippen LogP contribution in [0.15, 0.2) is 18.2 Å². The molecular formula is C15H19NO. The summed E-state index contributed by atoms with van der Waals surface area (Å²) in [6.45, 7) is 5.96. The minimum Gasteiger partial charge on any atom is -0.353 e. The monoisotopic (exact) mass is 229 g/mol. The second-order valence-electron chi connectivity index (χ2n) is 5.05. The lowest BCUT2D eigenvalue weighted by Gasteiger charge is -2.25.